The molecule has 0 saturated heterocycles. The molecule has 188 valence electrons. The summed E-state index contributed by atoms with van der Waals surface area (Å²) in [6.45, 7) is 8.78. The molecule has 4 N–H and O–H groups in total. The number of pyridine rings is 1. The Morgan fingerprint density at radius 1 is 1.28 bits per heavy atom. The Bertz CT molecular complexity index is 1380. The summed E-state index contributed by atoms with van der Waals surface area (Å²) in [6.07, 6.45) is 10.2. The first-order valence-corrected chi connectivity index (χ1v) is 12.5. The zero-order valence-electron chi connectivity index (χ0n) is 20.8. The summed E-state index contributed by atoms with van der Waals surface area (Å²) in [5.74, 6) is 2.17. The van der Waals surface area contributed by atoms with Gasteiger partial charge in [0.2, 0.25) is 0 Å². The molecule has 5 rings (SSSR count). The third-order valence-electron chi connectivity index (χ3n) is 5.66. The van der Waals surface area contributed by atoms with E-state index in [2.05, 4.69) is 38.3 Å². The molecule has 2 aliphatic heterocycles. The second kappa shape index (κ2) is 9.30. The van der Waals surface area contributed by atoms with Gasteiger partial charge in [-0.2, -0.15) is 5.10 Å². The van der Waals surface area contributed by atoms with E-state index in [1.807, 2.05) is 56.4 Å². The van der Waals surface area contributed by atoms with Crippen LogP contribution < -0.4 is 15.4 Å². The van der Waals surface area contributed by atoms with Crippen LogP contribution in [0.2, 0.25) is 0 Å². The molecule has 0 aromatic carbocycles. The Morgan fingerprint density at radius 3 is 2.78 bits per heavy atom. The number of nitrogens with two attached hydrogens (primary N) is 1. The van der Waals surface area contributed by atoms with Crippen molar-refractivity contribution in [1.29, 1.82) is 0 Å². The van der Waals surface area contributed by atoms with Gasteiger partial charge in [0, 0.05) is 48.4 Å². The maximum absolute atomic E-state index is 12.5. The minimum atomic E-state index is -0.510. The molecule has 10 nitrogen and oxygen atoms in total. The average Bonchev–Trinajstić information content (AvgIpc) is 3.44. The number of H-pyrrole nitrogens is 1. The zero-order chi connectivity index (χ0) is 25.4. The van der Waals surface area contributed by atoms with E-state index >= 15 is 0 Å². The van der Waals surface area contributed by atoms with Gasteiger partial charge in [-0.3, -0.25) is 13.8 Å². The number of hydrogen-bond donors (Lipinski definition) is 3. The van der Waals surface area contributed by atoms with Gasteiger partial charge in [-0.1, -0.05) is 6.08 Å². The Balaban J connectivity index is 1.48. The van der Waals surface area contributed by atoms with Gasteiger partial charge in [0.05, 0.1) is 0 Å². The van der Waals surface area contributed by atoms with Crippen LogP contribution in [-0.2, 0) is 4.74 Å². The number of hydrogen-bond acceptors (Lipinski definition) is 8. The first kappa shape index (κ1) is 23.9. The lowest BCUT2D eigenvalue weighted by atomic mass is 10.0. The molecular weight excluding hydrogens is 476 g/mol. The van der Waals surface area contributed by atoms with E-state index in [9.17, 15) is 4.79 Å². The summed E-state index contributed by atoms with van der Waals surface area (Å²) in [5.41, 5.74) is 9.38. The highest BCUT2D eigenvalue weighted by molar-refractivity contribution is 8.04. The molecule has 0 saturated carbocycles. The number of nitrogens with one attached hydrogen (secondary N) is 2. The van der Waals surface area contributed by atoms with Crippen molar-refractivity contribution >= 4 is 46.7 Å². The minimum Gasteiger partial charge on any atom is -0.444 e. The van der Waals surface area contributed by atoms with Crippen LogP contribution in [0.3, 0.4) is 0 Å². The summed E-state index contributed by atoms with van der Waals surface area (Å²) < 4.78 is 9.60. The predicted molar refractivity (Wildman–Crippen MR) is 144 cm³/mol. The largest absolute Gasteiger partial charge is 0.444 e. The number of imidazole rings is 1. The number of anilines is 3. The van der Waals surface area contributed by atoms with Crippen molar-refractivity contribution in [3.05, 3.63) is 65.1 Å². The molecule has 0 spiro atoms. The molecule has 3 aromatic heterocycles. The van der Waals surface area contributed by atoms with Gasteiger partial charge in [-0.05, 0) is 75.4 Å². The zero-order valence-corrected chi connectivity index (χ0v) is 21.6. The van der Waals surface area contributed by atoms with Crippen LogP contribution in [0.25, 0.3) is 11.2 Å². The van der Waals surface area contributed by atoms with Crippen molar-refractivity contribution in [3.63, 3.8) is 0 Å². The Hall–Kier alpha value is -3.86. The molecule has 11 heteroatoms. The van der Waals surface area contributed by atoms with Gasteiger partial charge in [0.25, 0.3) is 0 Å². The number of allylic oxidation sites excluding steroid dienone is 2. The predicted octanol–water partition coefficient (Wildman–Crippen LogP) is 5.00. The number of ether oxygens (including phenoxy) is 1. The van der Waals surface area contributed by atoms with Gasteiger partial charge in [-0.25, -0.2) is 9.78 Å². The SMILES string of the molecule is CC1=CC(N)=CN(c2c(Nc3cc[nH]n3)nc3ccc(C4=CCN(C(=O)OC(C)(C)C)CC4)cn23)S1. The quantitative estimate of drug-likeness (QED) is 0.424. The highest BCUT2D eigenvalue weighted by atomic mass is 32.2. The van der Waals surface area contributed by atoms with Crippen molar-refractivity contribution in [2.24, 2.45) is 5.73 Å². The number of aromatic nitrogens is 4. The van der Waals surface area contributed by atoms with Crippen LogP contribution in [0.4, 0.5) is 22.2 Å². The molecule has 1 amide bonds. The molecule has 0 radical (unpaired) electrons. The summed E-state index contributed by atoms with van der Waals surface area (Å²) >= 11 is 1.58. The summed E-state index contributed by atoms with van der Waals surface area (Å²) in [4.78, 5) is 20.1. The summed E-state index contributed by atoms with van der Waals surface area (Å²) in [6, 6.07) is 5.92. The first-order chi connectivity index (χ1) is 17.2. The number of carbonyl (C=O) groups is 1. The van der Waals surface area contributed by atoms with Crippen molar-refractivity contribution in [1.82, 2.24) is 24.5 Å². The van der Waals surface area contributed by atoms with Gasteiger partial charge >= 0.3 is 6.09 Å². The smallest absolute Gasteiger partial charge is 0.410 e. The van der Waals surface area contributed by atoms with Crippen LogP contribution in [0.15, 0.2) is 59.5 Å². The van der Waals surface area contributed by atoms with E-state index < -0.39 is 5.60 Å². The Labute approximate surface area is 214 Å². The number of rotatable bonds is 4. The molecule has 0 bridgehead atoms. The van der Waals surface area contributed by atoms with E-state index in [1.165, 1.54) is 5.57 Å². The van der Waals surface area contributed by atoms with Crippen LogP contribution in [0, 0.1) is 0 Å². The van der Waals surface area contributed by atoms with Gasteiger partial charge in [0.15, 0.2) is 17.5 Å². The number of aromatic amines is 1. The van der Waals surface area contributed by atoms with E-state index in [-0.39, 0.29) is 6.09 Å². The molecule has 0 atom stereocenters. The Kier molecular flexibility index (Phi) is 6.17. The molecule has 0 aliphatic carbocycles. The van der Waals surface area contributed by atoms with E-state index in [4.69, 9.17) is 15.5 Å². The summed E-state index contributed by atoms with van der Waals surface area (Å²) in [5, 5.41) is 10.4. The first-order valence-electron chi connectivity index (χ1n) is 11.8. The second-order valence-electron chi connectivity index (χ2n) is 9.72. The van der Waals surface area contributed by atoms with Gasteiger partial charge < -0.3 is 20.7 Å². The second-order valence-corrected chi connectivity index (χ2v) is 10.9. The molecule has 0 unspecified atom stereocenters. The number of fused-ring (bicyclic) bond motifs is 1. The van der Waals surface area contributed by atoms with Crippen molar-refractivity contribution < 1.29 is 9.53 Å². The molecule has 36 heavy (non-hydrogen) atoms. The lowest BCUT2D eigenvalue weighted by molar-refractivity contribution is 0.0270. The number of carbonyl (C=O) groups excluding carboxylic acids is 1. The topological polar surface area (TPSA) is 117 Å². The Morgan fingerprint density at radius 2 is 2.11 bits per heavy atom. The molecule has 3 aromatic rings. The lowest BCUT2D eigenvalue weighted by Crippen LogP contribution is -2.39. The average molecular weight is 507 g/mol. The third-order valence-corrected chi connectivity index (χ3v) is 6.54. The van der Waals surface area contributed by atoms with Gasteiger partial charge in [0.1, 0.15) is 11.2 Å². The fourth-order valence-corrected chi connectivity index (χ4v) is 5.05. The maximum atomic E-state index is 12.5. The van der Waals surface area contributed by atoms with Crippen molar-refractivity contribution in [3.8, 4) is 0 Å². The summed E-state index contributed by atoms with van der Waals surface area (Å²) in [7, 11) is 0. The number of nitrogens with zero attached hydrogens (tertiary/aromatic N) is 5. The highest BCUT2D eigenvalue weighted by Crippen LogP contribution is 2.39. The molecular formula is C25H30N8O2S. The lowest BCUT2D eigenvalue weighted by Gasteiger charge is -2.29. The maximum Gasteiger partial charge on any atom is 0.410 e. The van der Waals surface area contributed by atoms with E-state index in [1.54, 1.807) is 23.0 Å². The molecule has 0 fully saturated rings. The highest BCUT2D eigenvalue weighted by Gasteiger charge is 2.25. The van der Waals surface area contributed by atoms with Crippen LogP contribution in [0.5, 0.6) is 0 Å². The molecule has 2 aliphatic rings. The third kappa shape index (κ3) is 5.06. The minimum absolute atomic E-state index is 0.283. The van der Waals surface area contributed by atoms with E-state index in [0.29, 0.717) is 30.4 Å². The fraction of sp³-hybridized carbons (Fsp3) is 0.320. The van der Waals surface area contributed by atoms with E-state index in [0.717, 1.165) is 28.4 Å². The van der Waals surface area contributed by atoms with Crippen LogP contribution >= 0.6 is 11.9 Å². The van der Waals surface area contributed by atoms with Crippen LogP contribution in [-0.4, -0.2) is 49.3 Å². The standard InChI is InChI=1S/C25H30N8O2S/c1-16-13-19(26)15-33(36-16)23-22(28-20-7-10-27-30-20)29-21-6-5-18(14-32(21)23)17-8-11-31(12-9-17)24(34)35-25(2,3)4/h5-8,10,13-15H,9,11-12,26H2,1-4H3,(H2,27,28,30). The molecule has 5 heterocycles. The van der Waals surface area contributed by atoms with Crippen LogP contribution in [0.1, 0.15) is 39.7 Å². The number of amides is 1. The van der Waals surface area contributed by atoms with Crippen molar-refractivity contribution in [2.75, 3.05) is 22.7 Å². The fourth-order valence-electron chi connectivity index (χ4n) is 4.11. The van der Waals surface area contributed by atoms with Crippen molar-refractivity contribution in [2.45, 2.75) is 39.7 Å². The monoisotopic (exact) mass is 506 g/mol. The normalized spacial score (nSPS) is 16.5. The van der Waals surface area contributed by atoms with Gasteiger partial charge in [-0.15, -0.1) is 0 Å².